The fourth-order valence-electron chi connectivity index (χ4n) is 8.41. The molecule has 5 nitrogen and oxygen atoms in total. The van der Waals surface area contributed by atoms with Crippen LogP contribution < -0.4 is 0 Å². The molecule has 0 amide bonds. The minimum atomic E-state index is -0.658. The number of carbonyl (C=O) groups is 2. The van der Waals surface area contributed by atoms with Crippen molar-refractivity contribution in [1.29, 1.82) is 0 Å². The highest BCUT2D eigenvalue weighted by Gasteiger charge is 2.64. The highest BCUT2D eigenvalue weighted by Crippen LogP contribution is 2.67. The van der Waals surface area contributed by atoms with E-state index in [0.717, 1.165) is 36.8 Å². The molecular formula is C35H38O5. The Kier molecular flexibility index (Phi) is 6.61. The van der Waals surface area contributed by atoms with Crippen molar-refractivity contribution in [2.24, 2.45) is 28.6 Å². The van der Waals surface area contributed by atoms with E-state index in [2.05, 4.69) is 27.0 Å². The van der Waals surface area contributed by atoms with Crippen molar-refractivity contribution in [2.45, 2.75) is 64.3 Å². The van der Waals surface area contributed by atoms with Crippen LogP contribution in [-0.4, -0.2) is 35.4 Å². The van der Waals surface area contributed by atoms with E-state index < -0.39 is 12.2 Å². The van der Waals surface area contributed by atoms with Gasteiger partial charge in [-0.25, -0.2) is 9.59 Å². The maximum Gasteiger partial charge on any atom is 0.338 e. The van der Waals surface area contributed by atoms with Gasteiger partial charge in [-0.3, -0.25) is 0 Å². The van der Waals surface area contributed by atoms with Crippen LogP contribution in [0.15, 0.2) is 96.6 Å². The number of esters is 2. The molecule has 0 saturated heterocycles. The molecular weight excluding hydrogens is 500 g/mol. The summed E-state index contributed by atoms with van der Waals surface area (Å²) in [4.78, 5) is 25.8. The van der Waals surface area contributed by atoms with Crippen LogP contribution in [0.4, 0.5) is 0 Å². The van der Waals surface area contributed by atoms with Crippen LogP contribution in [0.2, 0.25) is 0 Å². The van der Waals surface area contributed by atoms with Gasteiger partial charge < -0.3 is 14.6 Å². The second kappa shape index (κ2) is 9.88. The topological polar surface area (TPSA) is 72.8 Å². The summed E-state index contributed by atoms with van der Waals surface area (Å²) in [6.45, 7) is 13.3. The van der Waals surface area contributed by atoms with Crippen LogP contribution in [0.5, 0.6) is 0 Å². The molecule has 3 fully saturated rings. The summed E-state index contributed by atoms with van der Waals surface area (Å²) in [6.07, 6.45) is 4.78. The van der Waals surface area contributed by atoms with Gasteiger partial charge in [0, 0.05) is 11.8 Å². The summed E-state index contributed by atoms with van der Waals surface area (Å²) in [5.41, 5.74) is 3.45. The molecule has 0 aromatic heterocycles. The molecule has 40 heavy (non-hydrogen) atoms. The SMILES string of the molecule is C=C1C(=C)[C@H]2[C@@H]3C(O)C=C4CC(OC(=O)c5ccccc5)CC[C@]4(C)[C@@H]3CC[C@]2(C)C1OC(=O)c1ccccc1. The summed E-state index contributed by atoms with van der Waals surface area (Å²) >= 11 is 0. The molecule has 2 aromatic rings. The van der Waals surface area contributed by atoms with Crippen LogP contribution >= 0.6 is 0 Å². The summed E-state index contributed by atoms with van der Waals surface area (Å²) in [7, 11) is 0. The van der Waals surface area contributed by atoms with Crippen molar-refractivity contribution in [3.63, 3.8) is 0 Å². The van der Waals surface area contributed by atoms with Crippen molar-refractivity contribution >= 4 is 11.9 Å². The smallest absolute Gasteiger partial charge is 0.338 e. The van der Waals surface area contributed by atoms with Gasteiger partial charge in [-0.1, -0.05) is 75.1 Å². The average Bonchev–Trinajstić information content (AvgIpc) is 3.15. The van der Waals surface area contributed by atoms with Crippen LogP contribution in [0, 0.1) is 28.6 Å². The highest BCUT2D eigenvalue weighted by molar-refractivity contribution is 5.90. The number of carbonyl (C=O) groups excluding carboxylic acids is 2. The second-order valence-electron chi connectivity index (χ2n) is 12.6. The Morgan fingerprint density at radius 1 is 0.850 bits per heavy atom. The molecule has 0 spiro atoms. The Morgan fingerprint density at radius 3 is 2.08 bits per heavy atom. The summed E-state index contributed by atoms with van der Waals surface area (Å²) in [5.74, 6) is -0.481. The molecule has 2 aromatic carbocycles. The first-order chi connectivity index (χ1) is 19.1. The number of aliphatic hydroxyl groups is 1. The molecule has 4 aliphatic carbocycles. The van der Waals surface area contributed by atoms with Crippen molar-refractivity contribution < 1.29 is 24.2 Å². The lowest BCUT2D eigenvalue weighted by molar-refractivity contribution is -0.100. The molecule has 1 N–H and O–H groups in total. The quantitative estimate of drug-likeness (QED) is 0.346. The first-order valence-corrected chi connectivity index (χ1v) is 14.4. The van der Waals surface area contributed by atoms with E-state index in [1.54, 1.807) is 24.3 Å². The third kappa shape index (κ3) is 4.17. The predicted octanol–water partition coefficient (Wildman–Crippen LogP) is 6.70. The van der Waals surface area contributed by atoms with Gasteiger partial charge in [0.25, 0.3) is 0 Å². The number of rotatable bonds is 4. The second-order valence-corrected chi connectivity index (χ2v) is 12.6. The normalized spacial score (nSPS) is 36.5. The van der Waals surface area contributed by atoms with Gasteiger partial charge in [-0.15, -0.1) is 0 Å². The highest BCUT2D eigenvalue weighted by atomic mass is 16.5. The van der Waals surface area contributed by atoms with Crippen molar-refractivity contribution in [3.05, 3.63) is 108 Å². The lowest BCUT2D eigenvalue weighted by Crippen LogP contribution is -2.55. The van der Waals surface area contributed by atoms with E-state index in [0.29, 0.717) is 17.5 Å². The van der Waals surface area contributed by atoms with Crippen molar-refractivity contribution in [1.82, 2.24) is 0 Å². The molecule has 0 aliphatic heterocycles. The molecule has 0 heterocycles. The Bertz CT molecular complexity index is 1380. The Labute approximate surface area is 236 Å². The van der Waals surface area contributed by atoms with Gasteiger partial charge in [0.1, 0.15) is 12.2 Å². The third-order valence-electron chi connectivity index (χ3n) is 10.5. The fourth-order valence-corrected chi connectivity index (χ4v) is 8.41. The lowest BCUT2D eigenvalue weighted by atomic mass is 9.47. The Balaban J connectivity index is 1.24. The molecule has 8 atom stereocenters. The van der Waals surface area contributed by atoms with Gasteiger partial charge in [0.2, 0.25) is 0 Å². The molecule has 0 radical (unpaired) electrons. The van der Waals surface area contributed by atoms with Gasteiger partial charge in [0.05, 0.1) is 17.2 Å². The number of ether oxygens (including phenoxy) is 2. The monoisotopic (exact) mass is 538 g/mol. The summed E-state index contributed by atoms with van der Waals surface area (Å²) < 4.78 is 12.1. The Hall–Kier alpha value is -3.44. The van der Waals surface area contributed by atoms with Gasteiger partial charge >= 0.3 is 11.9 Å². The van der Waals surface area contributed by atoms with Crippen molar-refractivity contribution in [3.8, 4) is 0 Å². The first-order valence-electron chi connectivity index (χ1n) is 14.4. The minimum absolute atomic E-state index is 0.0365. The van der Waals surface area contributed by atoms with Gasteiger partial charge in [-0.2, -0.15) is 0 Å². The molecule has 3 unspecified atom stereocenters. The van der Waals surface area contributed by atoms with Crippen LogP contribution in [-0.2, 0) is 9.47 Å². The molecule has 0 bridgehead atoms. The average molecular weight is 539 g/mol. The number of hydrogen-bond acceptors (Lipinski definition) is 5. The largest absolute Gasteiger partial charge is 0.458 e. The maximum absolute atomic E-state index is 13.1. The lowest BCUT2D eigenvalue weighted by Gasteiger charge is -2.58. The minimum Gasteiger partial charge on any atom is -0.458 e. The van der Waals surface area contributed by atoms with E-state index in [9.17, 15) is 14.7 Å². The van der Waals surface area contributed by atoms with E-state index >= 15 is 0 Å². The van der Waals surface area contributed by atoms with Gasteiger partial charge in [0.15, 0.2) is 0 Å². The zero-order valence-electron chi connectivity index (χ0n) is 23.3. The molecule has 6 rings (SSSR count). The zero-order chi connectivity index (χ0) is 28.2. The number of benzene rings is 2. The predicted molar refractivity (Wildman–Crippen MR) is 153 cm³/mol. The maximum atomic E-state index is 13.1. The van der Waals surface area contributed by atoms with E-state index in [1.807, 2.05) is 42.5 Å². The van der Waals surface area contributed by atoms with Crippen LogP contribution in [0.25, 0.3) is 0 Å². The zero-order valence-corrected chi connectivity index (χ0v) is 23.3. The molecule has 5 heteroatoms. The fraction of sp³-hybridized carbons (Fsp3) is 0.429. The number of hydrogen-bond donors (Lipinski definition) is 1. The number of aliphatic hydroxyl groups excluding tert-OH is 1. The van der Waals surface area contributed by atoms with E-state index in [-0.39, 0.29) is 46.6 Å². The third-order valence-corrected chi connectivity index (χ3v) is 10.5. The van der Waals surface area contributed by atoms with Gasteiger partial charge in [-0.05, 0) is 84.3 Å². The van der Waals surface area contributed by atoms with E-state index in [1.165, 1.54) is 5.57 Å². The van der Waals surface area contributed by atoms with Crippen LogP contribution in [0.3, 0.4) is 0 Å². The Morgan fingerprint density at radius 2 is 1.45 bits per heavy atom. The first kappa shape index (κ1) is 26.8. The molecule has 4 aliphatic rings. The van der Waals surface area contributed by atoms with Crippen LogP contribution in [0.1, 0.15) is 66.7 Å². The molecule has 208 valence electrons. The number of fused-ring (bicyclic) bond motifs is 5. The van der Waals surface area contributed by atoms with E-state index in [4.69, 9.17) is 9.47 Å². The summed E-state index contributed by atoms with van der Waals surface area (Å²) in [5, 5.41) is 11.7. The van der Waals surface area contributed by atoms with Crippen molar-refractivity contribution in [2.75, 3.05) is 0 Å². The standard InChI is InChI=1S/C35H38O5/c1-21-22(2)31(40-33(38)24-13-9-6-10-14-24)35(4)18-16-27-29(30(21)35)28(36)20-25-19-26(15-17-34(25,27)3)39-32(37)23-11-7-5-8-12-23/h5-14,20,26-31,36H,1-2,15-19H2,3-4H3/t26?,27-,28?,29+,30+,31?,34+,35+/m1/s1. The summed E-state index contributed by atoms with van der Waals surface area (Å²) in [6, 6.07) is 18.2. The molecule has 3 saturated carbocycles.